The summed E-state index contributed by atoms with van der Waals surface area (Å²) in [7, 11) is 0. The van der Waals surface area contributed by atoms with Crippen molar-refractivity contribution in [2.24, 2.45) is 0 Å². The second-order valence-electron chi connectivity index (χ2n) is 5.20. The lowest BCUT2D eigenvalue weighted by Crippen LogP contribution is -2.33. The Hall–Kier alpha value is -0.470. The van der Waals surface area contributed by atoms with Crippen LogP contribution in [0.2, 0.25) is 0 Å². The first-order valence-corrected chi connectivity index (χ1v) is 8.38. The highest BCUT2D eigenvalue weighted by atomic mass is 32.2. The molecule has 0 saturated carbocycles. The molecule has 2 heteroatoms. The Labute approximate surface area is 116 Å². The van der Waals surface area contributed by atoms with Crippen molar-refractivity contribution >= 4 is 11.8 Å². The number of rotatable bonds is 6. The Morgan fingerprint density at radius 2 is 2.22 bits per heavy atom. The van der Waals surface area contributed by atoms with Gasteiger partial charge in [-0.1, -0.05) is 31.2 Å². The summed E-state index contributed by atoms with van der Waals surface area (Å²) in [4.78, 5) is 0. The molecule has 1 aromatic carbocycles. The highest BCUT2D eigenvalue weighted by Gasteiger charge is 2.20. The van der Waals surface area contributed by atoms with Crippen molar-refractivity contribution in [1.29, 1.82) is 0 Å². The third-order valence-electron chi connectivity index (χ3n) is 3.75. The molecule has 0 saturated heterocycles. The van der Waals surface area contributed by atoms with E-state index in [0.29, 0.717) is 12.1 Å². The van der Waals surface area contributed by atoms with Crippen LogP contribution in [-0.4, -0.2) is 17.5 Å². The van der Waals surface area contributed by atoms with E-state index in [0.717, 1.165) is 0 Å². The van der Waals surface area contributed by atoms with E-state index in [2.05, 4.69) is 43.4 Å². The Morgan fingerprint density at radius 3 is 3.06 bits per heavy atom. The fourth-order valence-corrected chi connectivity index (χ4v) is 3.57. The maximum absolute atomic E-state index is 3.82. The number of benzene rings is 1. The van der Waals surface area contributed by atoms with Crippen molar-refractivity contribution in [3.8, 4) is 0 Å². The van der Waals surface area contributed by atoms with Crippen molar-refractivity contribution in [3.63, 3.8) is 0 Å². The highest BCUT2D eigenvalue weighted by molar-refractivity contribution is 7.99. The molecule has 1 nitrogen and oxygen atoms in total. The molecule has 0 aromatic heterocycles. The van der Waals surface area contributed by atoms with Crippen LogP contribution in [0.5, 0.6) is 0 Å². The molecule has 2 unspecified atom stereocenters. The van der Waals surface area contributed by atoms with Crippen LogP contribution >= 0.6 is 11.8 Å². The minimum atomic E-state index is 0.580. The van der Waals surface area contributed by atoms with Crippen LogP contribution in [0.25, 0.3) is 0 Å². The van der Waals surface area contributed by atoms with Crippen molar-refractivity contribution in [1.82, 2.24) is 5.32 Å². The van der Waals surface area contributed by atoms with Gasteiger partial charge in [0.2, 0.25) is 0 Å². The van der Waals surface area contributed by atoms with Crippen LogP contribution in [0.1, 0.15) is 50.3 Å². The maximum Gasteiger partial charge on any atom is 0.0325 e. The SMILES string of the molecule is CCSCCC(C)NC1CCCc2ccccc21. The fourth-order valence-electron chi connectivity index (χ4n) is 2.76. The third kappa shape index (κ3) is 3.76. The first-order chi connectivity index (χ1) is 8.81. The Kier molecular flexibility index (Phi) is 5.58. The molecule has 0 bridgehead atoms. The molecular weight excluding hydrogens is 238 g/mol. The van der Waals surface area contributed by atoms with Gasteiger partial charge in [-0.25, -0.2) is 0 Å². The lowest BCUT2D eigenvalue weighted by Gasteiger charge is -2.29. The molecule has 0 heterocycles. The molecule has 0 spiro atoms. The van der Waals surface area contributed by atoms with Gasteiger partial charge in [0, 0.05) is 12.1 Å². The van der Waals surface area contributed by atoms with Gasteiger partial charge < -0.3 is 5.32 Å². The molecule has 0 radical (unpaired) electrons. The van der Waals surface area contributed by atoms with Gasteiger partial charge in [-0.05, 0) is 55.2 Å². The smallest absolute Gasteiger partial charge is 0.0325 e. The average Bonchev–Trinajstić information content (AvgIpc) is 2.39. The Morgan fingerprint density at radius 1 is 1.39 bits per heavy atom. The molecule has 1 aliphatic rings. The van der Waals surface area contributed by atoms with Gasteiger partial charge in [-0.3, -0.25) is 0 Å². The fraction of sp³-hybridized carbons (Fsp3) is 0.625. The van der Waals surface area contributed by atoms with Gasteiger partial charge in [-0.2, -0.15) is 11.8 Å². The lowest BCUT2D eigenvalue weighted by molar-refractivity contribution is 0.404. The number of hydrogen-bond acceptors (Lipinski definition) is 2. The van der Waals surface area contributed by atoms with Crippen LogP contribution in [0.15, 0.2) is 24.3 Å². The summed E-state index contributed by atoms with van der Waals surface area (Å²) >= 11 is 2.04. The number of fused-ring (bicyclic) bond motifs is 1. The third-order valence-corrected chi connectivity index (χ3v) is 4.69. The molecular formula is C16H25NS. The van der Waals surface area contributed by atoms with Gasteiger partial charge in [0.15, 0.2) is 0 Å². The van der Waals surface area contributed by atoms with E-state index in [9.17, 15) is 0 Å². The molecule has 0 fully saturated rings. The van der Waals surface area contributed by atoms with Crippen LogP contribution in [0, 0.1) is 0 Å². The topological polar surface area (TPSA) is 12.0 Å². The maximum atomic E-state index is 3.82. The van der Waals surface area contributed by atoms with Gasteiger partial charge >= 0.3 is 0 Å². The van der Waals surface area contributed by atoms with E-state index in [-0.39, 0.29) is 0 Å². The Balaban J connectivity index is 1.90. The summed E-state index contributed by atoms with van der Waals surface area (Å²) in [5.74, 6) is 2.51. The molecule has 18 heavy (non-hydrogen) atoms. The summed E-state index contributed by atoms with van der Waals surface area (Å²) in [5, 5.41) is 3.82. The van der Waals surface area contributed by atoms with Crippen molar-refractivity contribution in [2.45, 2.75) is 51.6 Å². The number of nitrogens with one attached hydrogen (secondary N) is 1. The van der Waals surface area contributed by atoms with Crippen LogP contribution in [-0.2, 0) is 6.42 Å². The monoisotopic (exact) mass is 263 g/mol. The molecule has 0 amide bonds. The number of thioether (sulfide) groups is 1. The zero-order valence-corrected chi connectivity index (χ0v) is 12.4. The molecule has 2 rings (SSSR count). The van der Waals surface area contributed by atoms with E-state index in [1.54, 1.807) is 11.1 Å². The van der Waals surface area contributed by atoms with Crippen molar-refractivity contribution in [3.05, 3.63) is 35.4 Å². The van der Waals surface area contributed by atoms with Crippen molar-refractivity contribution in [2.75, 3.05) is 11.5 Å². The highest BCUT2D eigenvalue weighted by Crippen LogP contribution is 2.29. The summed E-state index contributed by atoms with van der Waals surface area (Å²) in [5.41, 5.74) is 3.09. The zero-order valence-electron chi connectivity index (χ0n) is 11.6. The normalized spacial score (nSPS) is 20.4. The van der Waals surface area contributed by atoms with Crippen molar-refractivity contribution < 1.29 is 0 Å². The van der Waals surface area contributed by atoms with Gasteiger partial charge in [0.05, 0.1) is 0 Å². The summed E-state index contributed by atoms with van der Waals surface area (Å²) < 4.78 is 0. The van der Waals surface area contributed by atoms with Crippen LogP contribution in [0.3, 0.4) is 0 Å². The average molecular weight is 263 g/mol. The minimum Gasteiger partial charge on any atom is -0.307 e. The first-order valence-electron chi connectivity index (χ1n) is 7.23. The summed E-state index contributed by atoms with van der Waals surface area (Å²) in [6, 6.07) is 10.1. The lowest BCUT2D eigenvalue weighted by atomic mass is 9.87. The first kappa shape index (κ1) is 14.0. The predicted molar refractivity (Wildman–Crippen MR) is 82.3 cm³/mol. The van der Waals surface area contributed by atoms with Crippen LogP contribution < -0.4 is 5.32 Å². The Bertz CT molecular complexity index is 364. The molecule has 2 atom stereocenters. The van der Waals surface area contributed by atoms with E-state index in [1.165, 1.54) is 37.2 Å². The summed E-state index contributed by atoms with van der Waals surface area (Å²) in [6.07, 6.45) is 5.15. The quantitative estimate of drug-likeness (QED) is 0.773. The minimum absolute atomic E-state index is 0.580. The second kappa shape index (κ2) is 7.20. The number of hydrogen-bond donors (Lipinski definition) is 1. The van der Waals surface area contributed by atoms with E-state index in [4.69, 9.17) is 0 Å². The molecule has 1 aliphatic carbocycles. The number of aryl methyl sites for hydroxylation is 1. The van der Waals surface area contributed by atoms with Crippen LogP contribution in [0.4, 0.5) is 0 Å². The molecule has 100 valence electrons. The second-order valence-corrected chi connectivity index (χ2v) is 6.59. The van der Waals surface area contributed by atoms with Gasteiger partial charge in [0.25, 0.3) is 0 Å². The van der Waals surface area contributed by atoms with E-state index >= 15 is 0 Å². The summed E-state index contributed by atoms with van der Waals surface area (Å²) in [6.45, 7) is 4.56. The van der Waals surface area contributed by atoms with E-state index < -0.39 is 0 Å². The predicted octanol–water partition coefficient (Wildman–Crippen LogP) is 4.19. The van der Waals surface area contributed by atoms with Gasteiger partial charge in [0.1, 0.15) is 0 Å². The zero-order chi connectivity index (χ0) is 12.8. The molecule has 0 aliphatic heterocycles. The largest absolute Gasteiger partial charge is 0.307 e. The molecule has 1 aromatic rings. The van der Waals surface area contributed by atoms with Gasteiger partial charge in [-0.15, -0.1) is 0 Å². The standard InChI is InChI=1S/C16H25NS/c1-3-18-12-11-13(2)17-16-10-6-8-14-7-4-5-9-15(14)16/h4-5,7,9,13,16-17H,3,6,8,10-12H2,1-2H3. The molecule has 1 N–H and O–H groups in total. The van der Waals surface area contributed by atoms with E-state index in [1.807, 2.05) is 11.8 Å².